The lowest BCUT2D eigenvalue weighted by Gasteiger charge is -2.28. The van der Waals surface area contributed by atoms with E-state index in [-0.39, 0.29) is 5.54 Å². The Balaban J connectivity index is 4.20. The molecule has 0 amide bonds. The Labute approximate surface area is 170 Å². The maximum atomic E-state index is 6.31. The summed E-state index contributed by atoms with van der Waals surface area (Å²) in [5.74, 6) is 0.669. The van der Waals surface area contributed by atoms with Crippen LogP contribution in [0.2, 0.25) is 6.04 Å². The van der Waals surface area contributed by atoms with Crippen molar-refractivity contribution in [1.82, 2.24) is 0 Å². The molecule has 2 N–H and O–H groups in total. The van der Waals surface area contributed by atoms with E-state index in [4.69, 9.17) is 19.0 Å². The van der Waals surface area contributed by atoms with Crippen LogP contribution in [-0.2, 0) is 13.3 Å². The molecule has 0 fully saturated rings. The molecule has 1 unspecified atom stereocenters. The van der Waals surface area contributed by atoms with Crippen LogP contribution >= 0.6 is 0 Å². The van der Waals surface area contributed by atoms with Crippen molar-refractivity contribution in [2.24, 2.45) is 11.7 Å². The van der Waals surface area contributed by atoms with Crippen LogP contribution in [0.25, 0.3) is 0 Å². The van der Waals surface area contributed by atoms with Gasteiger partial charge < -0.3 is 19.0 Å². The summed E-state index contributed by atoms with van der Waals surface area (Å²) in [5.41, 5.74) is 6.20. The second-order valence-electron chi connectivity index (χ2n) is 8.50. The van der Waals surface area contributed by atoms with Gasteiger partial charge in [0.05, 0.1) is 0 Å². The predicted octanol–water partition coefficient (Wildman–Crippen LogP) is 6.09. The molecule has 0 radical (unpaired) electrons. The number of hydrogen-bond acceptors (Lipinski definition) is 4. The highest BCUT2D eigenvalue weighted by atomic mass is 28.4. The third kappa shape index (κ3) is 14.4. The van der Waals surface area contributed by atoms with E-state index < -0.39 is 8.80 Å². The monoisotopic (exact) mass is 401 g/mol. The van der Waals surface area contributed by atoms with Gasteiger partial charge in [0.15, 0.2) is 0 Å². The molecule has 0 aromatic carbocycles. The normalized spacial score (nSPS) is 14.2. The zero-order chi connectivity index (χ0) is 20.6. The molecule has 4 nitrogen and oxygen atoms in total. The van der Waals surface area contributed by atoms with Gasteiger partial charge in [-0.2, -0.15) is 0 Å². The van der Waals surface area contributed by atoms with Crippen molar-refractivity contribution in [2.45, 2.75) is 103 Å². The molecule has 0 aromatic heterocycles. The molecule has 1 atom stereocenters. The number of allylic oxidation sites excluding steroid dienone is 2. The summed E-state index contributed by atoms with van der Waals surface area (Å²) in [6.07, 6.45) is 18.3. The Hall–Kier alpha value is -0.203. The average molecular weight is 402 g/mol. The van der Waals surface area contributed by atoms with E-state index in [0.29, 0.717) is 5.92 Å². The molecule has 0 heterocycles. The summed E-state index contributed by atoms with van der Waals surface area (Å²) in [6.45, 7) is 6.52. The molecule has 0 aliphatic carbocycles. The first-order valence-electron chi connectivity index (χ1n) is 10.9. The minimum Gasteiger partial charge on any atom is -0.377 e. The summed E-state index contributed by atoms with van der Waals surface area (Å²) in [4.78, 5) is 0. The highest BCUT2D eigenvalue weighted by Crippen LogP contribution is 2.27. The summed E-state index contributed by atoms with van der Waals surface area (Å²) in [7, 11) is 2.63. The second kappa shape index (κ2) is 15.7. The van der Waals surface area contributed by atoms with Crippen molar-refractivity contribution in [3.8, 4) is 0 Å². The standard InChI is InChI=1S/C22H47NO3Si/c1-7-8-9-10-11-12-13-14-15-17-21(20-22(2,3)23)18-16-19-27(24-4,25-5)26-6/h10-11,21H,7-9,12-20,23H2,1-6H3. The van der Waals surface area contributed by atoms with Crippen LogP contribution in [-0.4, -0.2) is 35.7 Å². The summed E-state index contributed by atoms with van der Waals surface area (Å²) in [6, 6.07) is 0.876. The third-order valence-corrected chi connectivity index (χ3v) is 8.05. The van der Waals surface area contributed by atoms with Crippen molar-refractivity contribution in [3.63, 3.8) is 0 Å². The largest absolute Gasteiger partial charge is 0.500 e. The van der Waals surface area contributed by atoms with Crippen molar-refractivity contribution < 1.29 is 13.3 Å². The molecule has 0 aliphatic heterocycles. The third-order valence-electron chi connectivity index (χ3n) is 5.22. The molecular weight excluding hydrogens is 354 g/mol. The Morgan fingerprint density at radius 1 is 0.852 bits per heavy atom. The lowest BCUT2D eigenvalue weighted by molar-refractivity contribution is 0.122. The molecule has 0 bridgehead atoms. The van der Waals surface area contributed by atoms with Gasteiger partial charge >= 0.3 is 8.80 Å². The molecule has 0 spiro atoms. The highest BCUT2D eigenvalue weighted by molar-refractivity contribution is 6.60. The first-order valence-corrected chi connectivity index (χ1v) is 12.8. The summed E-state index contributed by atoms with van der Waals surface area (Å²) in [5, 5.41) is 0. The van der Waals surface area contributed by atoms with Gasteiger partial charge in [0.1, 0.15) is 0 Å². The SMILES string of the molecule is CCCCC=CCCCCCC(CCC[Si](OC)(OC)OC)CC(C)(C)N. The van der Waals surface area contributed by atoms with Crippen LogP contribution in [0, 0.1) is 5.92 Å². The Kier molecular flexibility index (Phi) is 15.6. The predicted molar refractivity (Wildman–Crippen MR) is 119 cm³/mol. The summed E-state index contributed by atoms with van der Waals surface area (Å²) < 4.78 is 16.6. The van der Waals surface area contributed by atoms with Gasteiger partial charge in [0.2, 0.25) is 0 Å². The van der Waals surface area contributed by atoms with Gasteiger partial charge in [-0.1, -0.05) is 57.6 Å². The Morgan fingerprint density at radius 3 is 1.93 bits per heavy atom. The van der Waals surface area contributed by atoms with E-state index in [1.807, 2.05) is 0 Å². The van der Waals surface area contributed by atoms with Gasteiger partial charge in [0.25, 0.3) is 0 Å². The van der Waals surface area contributed by atoms with E-state index in [1.165, 1.54) is 57.8 Å². The van der Waals surface area contributed by atoms with Gasteiger partial charge in [-0.25, -0.2) is 0 Å². The zero-order valence-corrected chi connectivity index (χ0v) is 20.0. The van der Waals surface area contributed by atoms with Crippen molar-refractivity contribution in [2.75, 3.05) is 21.3 Å². The van der Waals surface area contributed by atoms with Crippen LogP contribution in [0.15, 0.2) is 12.2 Å². The van der Waals surface area contributed by atoms with Crippen LogP contribution in [0.1, 0.15) is 91.4 Å². The van der Waals surface area contributed by atoms with E-state index in [1.54, 1.807) is 21.3 Å². The lowest BCUT2D eigenvalue weighted by Crippen LogP contribution is -2.42. The molecule has 0 saturated heterocycles. The average Bonchev–Trinajstić information content (AvgIpc) is 2.63. The maximum Gasteiger partial charge on any atom is 0.500 e. The van der Waals surface area contributed by atoms with E-state index in [0.717, 1.165) is 18.9 Å². The number of unbranched alkanes of at least 4 members (excludes halogenated alkanes) is 5. The van der Waals surface area contributed by atoms with Crippen LogP contribution in [0.3, 0.4) is 0 Å². The molecule has 5 heteroatoms. The number of nitrogens with two attached hydrogens (primary N) is 1. The van der Waals surface area contributed by atoms with Crippen LogP contribution < -0.4 is 5.73 Å². The van der Waals surface area contributed by atoms with E-state index in [2.05, 4.69) is 32.9 Å². The van der Waals surface area contributed by atoms with Crippen molar-refractivity contribution in [3.05, 3.63) is 12.2 Å². The van der Waals surface area contributed by atoms with Crippen LogP contribution in [0.5, 0.6) is 0 Å². The Bertz CT molecular complexity index is 357. The second-order valence-corrected chi connectivity index (χ2v) is 11.6. The van der Waals surface area contributed by atoms with Crippen LogP contribution in [0.4, 0.5) is 0 Å². The summed E-state index contributed by atoms with van der Waals surface area (Å²) >= 11 is 0. The smallest absolute Gasteiger partial charge is 0.377 e. The van der Waals surface area contributed by atoms with Gasteiger partial charge in [0, 0.05) is 32.9 Å². The molecule has 0 aromatic rings. The minimum absolute atomic E-state index is 0.106. The van der Waals surface area contributed by atoms with Gasteiger partial charge in [-0.3, -0.25) is 0 Å². The molecule has 0 saturated carbocycles. The molecule has 162 valence electrons. The Morgan fingerprint density at radius 2 is 1.41 bits per heavy atom. The van der Waals surface area contributed by atoms with Crippen molar-refractivity contribution in [1.29, 1.82) is 0 Å². The molecular formula is C22H47NO3Si. The molecule has 0 rings (SSSR count). The first-order chi connectivity index (χ1) is 12.8. The van der Waals surface area contributed by atoms with Gasteiger partial charge in [-0.15, -0.1) is 0 Å². The fourth-order valence-electron chi connectivity index (χ4n) is 3.69. The van der Waals surface area contributed by atoms with Crippen molar-refractivity contribution >= 4 is 8.80 Å². The maximum absolute atomic E-state index is 6.31. The fraction of sp³-hybridized carbons (Fsp3) is 0.909. The molecule has 27 heavy (non-hydrogen) atoms. The highest BCUT2D eigenvalue weighted by Gasteiger charge is 2.37. The quantitative estimate of drug-likeness (QED) is 0.172. The fourth-order valence-corrected chi connectivity index (χ4v) is 5.44. The zero-order valence-electron chi connectivity index (χ0n) is 19.0. The topological polar surface area (TPSA) is 53.7 Å². The van der Waals surface area contributed by atoms with Gasteiger partial charge in [-0.05, 0) is 51.9 Å². The number of rotatable bonds is 18. The lowest BCUT2D eigenvalue weighted by atomic mass is 9.85. The first kappa shape index (κ1) is 26.8. The minimum atomic E-state index is -2.44. The van der Waals surface area contributed by atoms with E-state index >= 15 is 0 Å². The van der Waals surface area contributed by atoms with E-state index in [9.17, 15) is 0 Å². The number of hydrogen-bond donors (Lipinski definition) is 1. The molecule has 0 aliphatic rings.